The number of carbonyl (C=O) groups is 4. The lowest BCUT2D eigenvalue weighted by Gasteiger charge is -2.42. The molecule has 228 valence electrons. The second-order valence-electron chi connectivity index (χ2n) is 10.3. The van der Waals surface area contributed by atoms with Crippen molar-refractivity contribution < 1.29 is 54.3 Å². The molecule has 6 atom stereocenters. The highest BCUT2D eigenvalue weighted by Gasteiger charge is 2.49. The fourth-order valence-corrected chi connectivity index (χ4v) is 5.42. The number of aliphatic hydroxyl groups excluding tert-OH is 1. The van der Waals surface area contributed by atoms with Gasteiger partial charge in [0.25, 0.3) is 0 Å². The number of aromatic hydroxyl groups is 2. The summed E-state index contributed by atoms with van der Waals surface area (Å²) in [5, 5.41) is 51.2. The Balaban J connectivity index is 0.000000745. The molecule has 0 unspecified atom stereocenters. The molecule has 2 aromatic rings. The molecule has 1 fully saturated rings. The summed E-state index contributed by atoms with van der Waals surface area (Å²) in [6.45, 7) is 2.80. The number of primary amides is 1. The van der Waals surface area contributed by atoms with Crippen molar-refractivity contribution in [3.63, 3.8) is 0 Å². The molecule has 42 heavy (non-hydrogen) atoms. The zero-order chi connectivity index (χ0) is 30.4. The fraction of sp³-hybridized carbons (Fsp3) is 0.407. The molecule has 0 spiro atoms. The van der Waals surface area contributed by atoms with Crippen molar-refractivity contribution in [1.82, 2.24) is 5.48 Å². The van der Waals surface area contributed by atoms with Crippen molar-refractivity contribution in [2.24, 2.45) is 11.5 Å². The second kappa shape index (κ2) is 12.3. The summed E-state index contributed by atoms with van der Waals surface area (Å²) in [6, 6.07) is 4.46. The minimum absolute atomic E-state index is 0. The summed E-state index contributed by atoms with van der Waals surface area (Å²) in [5.41, 5.74) is 8.84. The van der Waals surface area contributed by atoms with Gasteiger partial charge in [-0.05, 0) is 13.8 Å². The molecule has 10 N–H and O–H groups in total. The Hall–Kier alpha value is -3.63. The molecule has 1 aliphatic heterocycles. The average molecular weight is 610 g/mol. The van der Waals surface area contributed by atoms with E-state index in [1.807, 2.05) is 0 Å². The molecule has 0 saturated carbocycles. The lowest BCUT2D eigenvalue weighted by molar-refractivity contribution is -0.247. The summed E-state index contributed by atoms with van der Waals surface area (Å²) in [4.78, 5) is 48.3. The summed E-state index contributed by atoms with van der Waals surface area (Å²) < 4.78 is 11.8. The number of benzene rings is 2. The van der Waals surface area contributed by atoms with Crippen LogP contribution in [0.1, 0.15) is 75.8 Å². The first kappa shape index (κ1) is 32.9. The Morgan fingerprint density at radius 1 is 1.10 bits per heavy atom. The molecule has 0 aromatic heterocycles. The maximum absolute atomic E-state index is 13.3. The standard InChI is InChI=1S/C26H27NO9.CH4N2O2.ClH/c1-10-21(29)15(27)7-17(35-10)36-16-9-26(34,11(2)28)8-14-18(16)25(33)20-19(24(14)32)22(30)12-5-3-4-6-13(12)23(20)31;2-1(4)3-5;/h3-6,10,15-17,21,29,32-34H,7-9,27H2,1-2H3;5H,(H3,2,3,4);1H/t10-,15-,16-,17-,21+,26-;;/m0../s1. The van der Waals surface area contributed by atoms with Crippen LogP contribution in [0.2, 0.25) is 0 Å². The van der Waals surface area contributed by atoms with Gasteiger partial charge in [-0.25, -0.2) is 10.3 Å². The predicted molar refractivity (Wildman–Crippen MR) is 146 cm³/mol. The number of hydrogen-bond donors (Lipinski definition) is 8. The maximum atomic E-state index is 13.3. The normalized spacial score (nSPS) is 27.7. The third-order valence-corrected chi connectivity index (χ3v) is 7.61. The monoisotopic (exact) mass is 609 g/mol. The van der Waals surface area contributed by atoms with E-state index in [-0.39, 0.29) is 58.6 Å². The van der Waals surface area contributed by atoms with E-state index < -0.39 is 77.5 Å². The van der Waals surface area contributed by atoms with Crippen molar-refractivity contribution in [3.8, 4) is 11.5 Å². The third kappa shape index (κ3) is 5.70. The number of Topliss-reactive ketones (excluding diaryl/α,β-unsaturated/α-hetero) is 1. The van der Waals surface area contributed by atoms with E-state index >= 15 is 0 Å². The lowest BCUT2D eigenvalue weighted by atomic mass is 9.72. The number of urea groups is 1. The fourth-order valence-electron chi connectivity index (χ4n) is 5.42. The summed E-state index contributed by atoms with van der Waals surface area (Å²) in [5.74, 6) is -3.06. The number of amides is 2. The van der Waals surface area contributed by atoms with E-state index in [2.05, 4.69) is 5.73 Å². The van der Waals surface area contributed by atoms with Crippen LogP contribution < -0.4 is 16.9 Å². The topological polar surface area (TPSA) is 252 Å². The number of ether oxygens (including phenoxy) is 2. The van der Waals surface area contributed by atoms with Gasteiger partial charge in [0.15, 0.2) is 23.6 Å². The van der Waals surface area contributed by atoms with Gasteiger partial charge in [-0.2, -0.15) is 0 Å². The minimum atomic E-state index is -1.97. The zero-order valence-electron chi connectivity index (χ0n) is 22.6. The molecule has 2 aliphatic carbocycles. The van der Waals surface area contributed by atoms with Crippen LogP contribution >= 0.6 is 12.4 Å². The van der Waals surface area contributed by atoms with Crippen LogP contribution in [0.3, 0.4) is 0 Å². The number of aliphatic hydroxyl groups is 2. The summed E-state index contributed by atoms with van der Waals surface area (Å²) in [6.07, 6.45) is -4.38. The molecule has 2 aromatic carbocycles. The number of hydrogen-bond acceptors (Lipinski definition) is 12. The largest absolute Gasteiger partial charge is 0.507 e. The molecule has 1 saturated heterocycles. The smallest absolute Gasteiger partial charge is 0.335 e. The number of nitrogens with two attached hydrogens (primary N) is 2. The Morgan fingerprint density at radius 2 is 1.62 bits per heavy atom. The van der Waals surface area contributed by atoms with E-state index in [1.54, 1.807) is 19.1 Å². The molecule has 1 heterocycles. The molecule has 0 radical (unpaired) electrons. The highest BCUT2D eigenvalue weighted by molar-refractivity contribution is 6.30. The van der Waals surface area contributed by atoms with Crippen molar-refractivity contribution in [2.45, 2.75) is 69.4 Å². The molecule has 3 aliphatic rings. The molecular weight excluding hydrogens is 578 g/mol. The second-order valence-corrected chi connectivity index (χ2v) is 10.3. The van der Waals surface area contributed by atoms with Crippen LogP contribution in [0.5, 0.6) is 11.5 Å². The van der Waals surface area contributed by atoms with Gasteiger partial charge < -0.3 is 41.4 Å². The maximum Gasteiger partial charge on any atom is 0.335 e. The van der Waals surface area contributed by atoms with Crippen molar-refractivity contribution in [3.05, 3.63) is 57.6 Å². The third-order valence-electron chi connectivity index (χ3n) is 7.61. The number of rotatable bonds is 3. The number of hydroxylamine groups is 1. The van der Waals surface area contributed by atoms with Gasteiger partial charge in [0, 0.05) is 47.6 Å². The Kier molecular flexibility index (Phi) is 9.64. The van der Waals surface area contributed by atoms with Crippen LogP contribution in [0.25, 0.3) is 0 Å². The van der Waals surface area contributed by atoms with Gasteiger partial charge >= 0.3 is 6.03 Å². The molecule has 15 heteroatoms. The first-order chi connectivity index (χ1) is 19.2. The van der Waals surface area contributed by atoms with Crippen molar-refractivity contribution >= 4 is 35.8 Å². The van der Waals surface area contributed by atoms with Gasteiger partial charge in [0.05, 0.1) is 29.4 Å². The quantitative estimate of drug-likeness (QED) is 0.115. The highest BCUT2D eigenvalue weighted by atomic mass is 35.5. The van der Waals surface area contributed by atoms with E-state index in [1.165, 1.54) is 24.5 Å². The minimum Gasteiger partial charge on any atom is -0.507 e. The van der Waals surface area contributed by atoms with Gasteiger partial charge in [-0.15, -0.1) is 12.4 Å². The van der Waals surface area contributed by atoms with E-state index in [0.717, 1.165) is 0 Å². The zero-order valence-corrected chi connectivity index (χ0v) is 23.4. The highest BCUT2D eigenvalue weighted by Crippen LogP contribution is 2.52. The SMILES string of the molecule is CC(=O)[C@]1(O)Cc2c(O)c3c(c(O)c2[C@@H](O[C@H]2C[C@H](N)[C@H](O)[C@H](C)O2)C1)C(=O)c1ccccc1C3=O.Cl.NC(=O)NO. The number of carbonyl (C=O) groups excluding carboxylic acids is 4. The van der Waals surface area contributed by atoms with Crippen LogP contribution in [-0.2, 0) is 20.7 Å². The number of nitrogens with one attached hydrogen (secondary N) is 1. The Bertz CT molecular complexity index is 1420. The molecule has 14 nitrogen and oxygen atoms in total. The number of phenols is 2. The molecule has 2 amide bonds. The number of fused-ring (bicyclic) bond motifs is 3. The number of halogens is 1. The Morgan fingerprint density at radius 3 is 2.10 bits per heavy atom. The molecule has 0 bridgehead atoms. The van der Waals surface area contributed by atoms with Crippen molar-refractivity contribution in [2.75, 3.05) is 0 Å². The van der Waals surface area contributed by atoms with Gasteiger partial charge in [-0.3, -0.25) is 19.6 Å². The van der Waals surface area contributed by atoms with E-state index in [4.69, 9.17) is 20.4 Å². The molecule has 5 rings (SSSR count). The van der Waals surface area contributed by atoms with Crippen molar-refractivity contribution in [1.29, 1.82) is 0 Å². The lowest BCUT2D eigenvalue weighted by Crippen LogP contribution is -2.52. The number of phenolic OH excluding ortho intramolecular Hbond substituents is 2. The summed E-state index contributed by atoms with van der Waals surface area (Å²) >= 11 is 0. The van der Waals surface area contributed by atoms with Crippen LogP contribution in [0.4, 0.5) is 4.79 Å². The van der Waals surface area contributed by atoms with E-state index in [9.17, 15) is 39.6 Å². The van der Waals surface area contributed by atoms with Crippen LogP contribution in [0, 0.1) is 0 Å². The predicted octanol–water partition coefficient (Wildman–Crippen LogP) is 0.486. The van der Waals surface area contributed by atoms with E-state index in [0.29, 0.717) is 0 Å². The summed E-state index contributed by atoms with van der Waals surface area (Å²) in [7, 11) is 0. The Labute approximate surface area is 245 Å². The first-order valence-electron chi connectivity index (χ1n) is 12.7. The van der Waals surface area contributed by atoms with Crippen LogP contribution in [0.15, 0.2) is 24.3 Å². The van der Waals surface area contributed by atoms with Gasteiger partial charge in [0.2, 0.25) is 0 Å². The van der Waals surface area contributed by atoms with Gasteiger partial charge in [-0.1, -0.05) is 24.3 Å². The van der Waals surface area contributed by atoms with Crippen LogP contribution in [-0.4, -0.2) is 79.2 Å². The molecular formula is C27H32ClN3O11. The number of ketones is 3. The van der Waals surface area contributed by atoms with Gasteiger partial charge in [0.1, 0.15) is 17.1 Å². The average Bonchev–Trinajstić information content (AvgIpc) is 2.92. The first-order valence-corrected chi connectivity index (χ1v) is 12.7.